The molecule has 2 rings (SSSR count). The largest absolute Gasteiger partial charge is 0.394 e. The molecule has 1 aromatic carbocycles. The minimum Gasteiger partial charge on any atom is -0.394 e. The highest BCUT2D eigenvalue weighted by Crippen LogP contribution is 2.23. The van der Waals surface area contributed by atoms with Crippen molar-refractivity contribution in [2.45, 2.75) is 229 Å². The van der Waals surface area contributed by atoms with Crippen LogP contribution >= 0.6 is 0 Å². The van der Waals surface area contributed by atoms with Gasteiger partial charge in [-0.05, 0) is 31.2 Å². The van der Waals surface area contributed by atoms with Crippen LogP contribution < -0.4 is 5.32 Å². The Bertz CT molecular complexity index is 1030. The van der Waals surface area contributed by atoms with Gasteiger partial charge in [0.1, 0.15) is 30.5 Å². The van der Waals surface area contributed by atoms with Gasteiger partial charge in [0.05, 0.1) is 25.4 Å². The number of carbonyl (C=O) groups excluding carboxylic acids is 1. The van der Waals surface area contributed by atoms with Crippen LogP contribution in [0.4, 0.5) is 0 Å². The van der Waals surface area contributed by atoms with E-state index in [2.05, 4.69) is 42.6 Å². The van der Waals surface area contributed by atoms with E-state index in [9.17, 15) is 35.4 Å². The smallest absolute Gasteiger partial charge is 0.220 e. The number of aryl methyl sites for hydroxylation is 1. The minimum atomic E-state index is -1.61. The maximum absolute atomic E-state index is 13.0. The lowest BCUT2D eigenvalue weighted by Gasteiger charge is -2.40. The highest BCUT2D eigenvalue weighted by Gasteiger charge is 2.44. The summed E-state index contributed by atoms with van der Waals surface area (Å²) in [5, 5.41) is 65.1. The molecule has 320 valence electrons. The molecule has 1 aliphatic heterocycles. The monoisotopic (exact) mass is 780 g/mol. The maximum atomic E-state index is 13.0. The van der Waals surface area contributed by atoms with Crippen molar-refractivity contribution < 1.29 is 44.9 Å². The number of unbranched alkanes of at least 4 members (excludes halogenated alkanes) is 22. The third kappa shape index (κ3) is 22.8. The van der Waals surface area contributed by atoms with Crippen LogP contribution in [0, 0.1) is 0 Å². The van der Waals surface area contributed by atoms with Crippen molar-refractivity contribution in [3.63, 3.8) is 0 Å². The number of nitrogens with one attached hydrogen (secondary N) is 1. The van der Waals surface area contributed by atoms with Crippen molar-refractivity contribution in [3.8, 4) is 0 Å². The minimum absolute atomic E-state index is 0.261. The Hall–Kier alpha value is -1.63. The van der Waals surface area contributed by atoms with Gasteiger partial charge in [-0.1, -0.05) is 179 Å². The molecule has 1 saturated heterocycles. The van der Waals surface area contributed by atoms with Crippen LogP contribution in [0.15, 0.2) is 30.3 Å². The molecule has 0 spiro atoms. The summed E-state index contributed by atoms with van der Waals surface area (Å²) in [5.41, 5.74) is 1.43. The fourth-order valence-corrected chi connectivity index (χ4v) is 7.57. The predicted molar refractivity (Wildman–Crippen MR) is 220 cm³/mol. The third-order valence-electron chi connectivity index (χ3n) is 11.3. The summed E-state index contributed by atoms with van der Waals surface area (Å²) in [6.07, 6.45) is 20.5. The van der Waals surface area contributed by atoms with Crippen molar-refractivity contribution in [3.05, 3.63) is 35.9 Å². The summed E-state index contributed by atoms with van der Waals surface area (Å²) in [6, 6.07) is 9.72. The molecular formula is C45H81NO9. The van der Waals surface area contributed by atoms with Crippen molar-refractivity contribution >= 4 is 5.91 Å². The molecule has 0 radical (unpaired) electrons. The van der Waals surface area contributed by atoms with Gasteiger partial charge in [-0.2, -0.15) is 0 Å². The number of amides is 1. The van der Waals surface area contributed by atoms with Crippen molar-refractivity contribution in [1.29, 1.82) is 0 Å². The first-order chi connectivity index (χ1) is 26.8. The number of ether oxygens (including phenoxy) is 2. The molecule has 7 N–H and O–H groups in total. The van der Waals surface area contributed by atoms with Crippen LogP contribution in [0.5, 0.6) is 0 Å². The number of aliphatic hydroxyl groups is 6. The Morgan fingerprint density at radius 2 is 1.16 bits per heavy atom. The Balaban J connectivity index is 1.65. The molecule has 10 nitrogen and oxygen atoms in total. The summed E-state index contributed by atoms with van der Waals surface area (Å²) in [6.45, 7) is 1.33. The fraction of sp³-hybridized carbons (Fsp3) is 0.844. The number of benzene rings is 1. The zero-order valence-electron chi connectivity index (χ0n) is 34.4. The first-order valence-corrected chi connectivity index (χ1v) is 22.4. The quantitative estimate of drug-likeness (QED) is 0.0347. The average Bonchev–Trinajstić information content (AvgIpc) is 3.19. The van der Waals surface area contributed by atoms with E-state index < -0.39 is 55.6 Å². The van der Waals surface area contributed by atoms with Crippen LogP contribution in [0.2, 0.25) is 0 Å². The van der Waals surface area contributed by atoms with E-state index in [4.69, 9.17) is 9.47 Å². The van der Waals surface area contributed by atoms with Crippen molar-refractivity contribution in [1.82, 2.24) is 5.32 Å². The molecular weight excluding hydrogens is 698 g/mol. The molecule has 1 heterocycles. The topological polar surface area (TPSA) is 169 Å². The second-order valence-electron chi connectivity index (χ2n) is 16.2. The van der Waals surface area contributed by atoms with Crippen molar-refractivity contribution in [2.75, 3.05) is 13.2 Å². The number of hydrogen-bond acceptors (Lipinski definition) is 9. The number of rotatable bonds is 35. The highest BCUT2D eigenvalue weighted by atomic mass is 16.7. The highest BCUT2D eigenvalue weighted by molar-refractivity contribution is 5.76. The SMILES string of the molecule is CCCCCCCCCCCCCC[C@@H](O)[C@@H](O)[C@H](COC1OC(CO)C(O)C(O)C1O)NC(=O)CCCCCCCCCCCCCCc1ccccc1. The van der Waals surface area contributed by atoms with E-state index in [0.29, 0.717) is 12.8 Å². The van der Waals surface area contributed by atoms with E-state index in [0.717, 1.165) is 44.9 Å². The van der Waals surface area contributed by atoms with Gasteiger partial charge in [0, 0.05) is 6.42 Å². The average molecular weight is 780 g/mol. The molecule has 55 heavy (non-hydrogen) atoms. The van der Waals surface area contributed by atoms with E-state index >= 15 is 0 Å². The lowest BCUT2D eigenvalue weighted by atomic mass is 9.98. The van der Waals surface area contributed by atoms with Crippen LogP contribution in [0.25, 0.3) is 0 Å². The molecule has 0 bridgehead atoms. The Labute approximate surface area is 333 Å². The van der Waals surface area contributed by atoms with Gasteiger partial charge in [-0.25, -0.2) is 0 Å². The van der Waals surface area contributed by atoms with E-state index in [1.807, 2.05) is 0 Å². The lowest BCUT2D eigenvalue weighted by molar-refractivity contribution is -0.303. The Morgan fingerprint density at radius 3 is 1.69 bits per heavy atom. The predicted octanol–water partition coefficient (Wildman–Crippen LogP) is 7.41. The maximum Gasteiger partial charge on any atom is 0.220 e. The molecule has 1 aromatic rings. The number of aliphatic hydroxyl groups excluding tert-OH is 6. The second kappa shape index (κ2) is 32.3. The lowest BCUT2D eigenvalue weighted by Crippen LogP contribution is -2.60. The first-order valence-electron chi connectivity index (χ1n) is 22.4. The Kier molecular flexibility index (Phi) is 29.1. The molecule has 0 saturated carbocycles. The molecule has 10 heteroatoms. The summed E-state index contributed by atoms with van der Waals surface area (Å²) >= 11 is 0. The van der Waals surface area contributed by atoms with Crippen LogP contribution in [0.1, 0.15) is 179 Å². The van der Waals surface area contributed by atoms with Gasteiger partial charge in [0.15, 0.2) is 6.29 Å². The van der Waals surface area contributed by atoms with E-state index in [1.165, 1.54) is 115 Å². The van der Waals surface area contributed by atoms with Crippen LogP contribution in [-0.2, 0) is 20.7 Å². The summed E-state index contributed by atoms with van der Waals surface area (Å²) in [5.74, 6) is -0.261. The summed E-state index contributed by atoms with van der Waals surface area (Å²) < 4.78 is 11.1. The van der Waals surface area contributed by atoms with Gasteiger partial charge in [0.2, 0.25) is 5.91 Å². The second-order valence-corrected chi connectivity index (χ2v) is 16.2. The van der Waals surface area contributed by atoms with Gasteiger partial charge in [-0.3, -0.25) is 4.79 Å². The van der Waals surface area contributed by atoms with Gasteiger partial charge in [-0.15, -0.1) is 0 Å². The summed E-state index contributed by atoms with van der Waals surface area (Å²) in [4.78, 5) is 13.0. The van der Waals surface area contributed by atoms with E-state index in [1.54, 1.807) is 0 Å². The van der Waals surface area contributed by atoms with E-state index in [-0.39, 0.29) is 18.9 Å². The van der Waals surface area contributed by atoms with Gasteiger partial charge in [0.25, 0.3) is 0 Å². The van der Waals surface area contributed by atoms with Gasteiger partial charge >= 0.3 is 0 Å². The van der Waals surface area contributed by atoms with Crippen molar-refractivity contribution in [2.24, 2.45) is 0 Å². The molecule has 8 atom stereocenters. The Morgan fingerprint density at radius 1 is 0.673 bits per heavy atom. The molecule has 5 unspecified atom stereocenters. The zero-order valence-corrected chi connectivity index (χ0v) is 34.4. The number of hydrogen-bond donors (Lipinski definition) is 7. The fourth-order valence-electron chi connectivity index (χ4n) is 7.57. The third-order valence-corrected chi connectivity index (χ3v) is 11.3. The molecule has 1 amide bonds. The van der Waals surface area contributed by atoms with Crippen LogP contribution in [-0.4, -0.2) is 98.7 Å². The molecule has 0 aromatic heterocycles. The van der Waals surface area contributed by atoms with Crippen LogP contribution in [0.3, 0.4) is 0 Å². The van der Waals surface area contributed by atoms with Gasteiger partial charge < -0.3 is 45.4 Å². The first kappa shape index (κ1) is 49.5. The summed E-state index contributed by atoms with van der Waals surface area (Å²) in [7, 11) is 0. The standard InChI is InChI=1S/C45H81NO9/c1-2-3-4-5-6-7-8-12-15-18-21-27-32-38(48)41(50)37(35-54-45-44(53)43(52)42(51)39(34-47)55-45)46-40(49)33-28-22-19-16-13-10-9-11-14-17-20-24-29-36-30-25-23-26-31-36/h23,25-26,30-31,37-39,41-45,47-48,50-53H,2-22,24,27-29,32-35H2,1H3,(H,46,49)/t37-,38+,39?,41-,42?,43?,44?,45?/m0/s1. The molecule has 0 aliphatic carbocycles. The normalized spacial score (nSPS) is 21.7. The molecule has 1 fully saturated rings. The zero-order chi connectivity index (χ0) is 39.9. The molecule has 1 aliphatic rings. The number of carbonyl (C=O) groups is 1.